The number of hydrogen-bond acceptors (Lipinski definition) is 4. The Hall–Kier alpha value is -2.82. The molecule has 1 aliphatic carbocycles. The van der Waals surface area contributed by atoms with Gasteiger partial charge in [0.15, 0.2) is 5.78 Å². The van der Waals surface area contributed by atoms with Crippen molar-refractivity contribution in [3.63, 3.8) is 0 Å². The normalized spacial score (nSPS) is 20.9. The number of Topliss-reactive ketones (excluding diaryl/α,β-unsaturated/α-hetero) is 3. The second-order valence-corrected chi connectivity index (χ2v) is 9.28. The highest BCUT2D eigenvalue weighted by atomic mass is 16.2. The SMILES string of the molecule is CCCC(=O)CC(CCc1ccccc1)C(=O)CC1C(=O)NCC(=O)C1CCC1=CC=CC1. The predicted octanol–water partition coefficient (Wildman–Crippen LogP) is 4.55. The van der Waals surface area contributed by atoms with Gasteiger partial charge < -0.3 is 5.32 Å². The Morgan fingerprint density at radius 2 is 1.88 bits per heavy atom. The molecule has 5 heteroatoms. The number of carbonyl (C=O) groups is 4. The van der Waals surface area contributed by atoms with Crippen LogP contribution in [0.3, 0.4) is 0 Å². The Labute approximate surface area is 196 Å². The van der Waals surface area contributed by atoms with Gasteiger partial charge in [-0.1, -0.05) is 61.1 Å². The maximum Gasteiger partial charge on any atom is 0.224 e. The number of benzene rings is 1. The molecule has 33 heavy (non-hydrogen) atoms. The van der Waals surface area contributed by atoms with Crippen molar-refractivity contribution in [1.29, 1.82) is 0 Å². The third kappa shape index (κ3) is 7.34. The number of allylic oxidation sites excluding steroid dienone is 4. The number of amides is 1. The number of carbonyl (C=O) groups excluding carboxylic acids is 4. The van der Waals surface area contributed by atoms with Crippen LogP contribution in [0.5, 0.6) is 0 Å². The van der Waals surface area contributed by atoms with Crippen molar-refractivity contribution in [2.24, 2.45) is 17.8 Å². The average molecular weight is 450 g/mol. The Bertz CT molecular complexity index is 915. The van der Waals surface area contributed by atoms with Crippen LogP contribution in [0.1, 0.15) is 63.9 Å². The van der Waals surface area contributed by atoms with E-state index < -0.39 is 17.8 Å². The first-order valence-electron chi connectivity index (χ1n) is 12.2. The standard InChI is InChI=1S/C28H35NO4/c1-2-8-23(30)17-22(15-13-20-9-4-3-5-10-20)26(31)18-25-24(27(32)19-29-28(25)33)16-14-21-11-6-7-12-21/h3-7,9-11,22,24-25H,2,8,12-19H2,1H3,(H,29,33). The summed E-state index contributed by atoms with van der Waals surface area (Å²) in [5, 5.41) is 2.67. The van der Waals surface area contributed by atoms with Gasteiger partial charge in [0.25, 0.3) is 0 Å². The molecule has 1 saturated heterocycles. The highest BCUT2D eigenvalue weighted by Crippen LogP contribution is 2.31. The summed E-state index contributed by atoms with van der Waals surface area (Å²) in [4.78, 5) is 51.1. The van der Waals surface area contributed by atoms with Crippen molar-refractivity contribution < 1.29 is 19.2 Å². The van der Waals surface area contributed by atoms with E-state index in [1.165, 1.54) is 5.57 Å². The molecule has 1 N–H and O–H groups in total. The minimum atomic E-state index is -0.644. The maximum atomic E-state index is 13.4. The minimum absolute atomic E-state index is 0.00171. The monoisotopic (exact) mass is 449 g/mol. The quantitative estimate of drug-likeness (QED) is 0.479. The van der Waals surface area contributed by atoms with E-state index in [-0.39, 0.29) is 42.6 Å². The fourth-order valence-corrected chi connectivity index (χ4v) is 4.86. The zero-order valence-corrected chi connectivity index (χ0v) is 19.6. The second-order valence-electron chi connectivity index (χ2n) is 9.28. The Kier molecular flexibility index (Phi) is 9.35. The minimum Gasteiger partial charge on any atom is -0.349 e. The van der Waals surface area contributed by atoms with E-state index >= 15 is 0 Å². The van der Waals surface area contributed by atoms with Gasteiger partial charge in [0.2, 0.25) is 5.91 Å². The summed E-state index contributed by atoms with van der Waals surface area (Å²) in [6.07, 6.45) is 11.1. The number of ketones is 3. The highest BCUT2D eigenvalue weighted by molar-refractivity contribution is 5.99. The van der Waals surface area contributed by atoms with Crippen molar-refractivity contribution in [2.75, 3.05) is 6.54 Å². The zero-order chi connectivity index (χ0) is 23.6. The lowest BCUT2D eigenvalue weighted by molar-refractivity contribution is -0.142. The molecule has 1 aromatic carbocycles. The Morgan fingerprint density at radius 3 is 2.58 bits per heavy atom. The van der Waals surface area contributed by atoms with E-state index in [1.54, 1.807) is 0 Å². The van der Waals surface area contributed by atoms with Crippen molar-refractivity contribution >= 4 is 23.3 Å². The van der Waals surface area contributed by atoms with Crippen LogP contribution in [-0.2, 0) is 25.6 Å². The first kappa shape index (κ1) is 24.8. The van der Waals surface area contributed by atoms with Gasteiger partial charge in [0.05, 0.1) is 12.5 Å². The van der Waals surface area contributed by atoms with Gasteiger partial charge in [-0.15, -0.1) is 0 Å². The number of aryl methyl sites for hydroxylation is 1. The second kappa shape index (κ2) is 12.4. The topological polar surface area (TPSA) is 80.3 Å². The van der Waals surface area contributed by atoms with Crippen molar-refractivity contribution in [3.05, 3.63) is 59.7 Å². The van der Waals surface area contributed by atoms with Gasteiger partial charge in [-0.3, -0.25) is 19.2 Å². The van der Waals surface area contributed by atoms with Crippen LogP contribution in [0.25, 0.3) is 0 Å². The summed E-state index contributed by atoms with van der Waals surface area (Å²) in [6.45, 7) is 1.99. The molecule has 0 bridgehead atoms. The van der Waals surface area contributed by atoms with Crippen molar-refractivity contribution in [1.82, 2.24) is 5.32 Å². The molecule has 5 nitrogen and oxygen atoms in total. The van der Waals surface area contributed by atoms with Gasteiger partial charge in [-0.05, 0) is 44.1 Å². The van der Waals surface area contributed by atoms with E-state index in [0.717, 1.165) is 24.8 Å². The number of hydrogen-bond donors (Lipinski definition) is 1. The van der Waals surface area contributed by atoms with Gasteiger partial charge in [0.1, 0.15) is 11.6 Å². The van der Waals surface area contributed by atoms with Crippen LogP contribution in [-0.4, -0.2) is 29.8 Å². The number of rotatable bonds is 13. The van der Waals surface area contributed by atoms with Crippen LogP contribution in [0.15, 0.2) is 54.1 Å². The molecule has 1 aromatic rings. The molecule has 1 amide bonds. The molecule has 0 radical (unpaired) electrons. The van der Waals surface area contributed by atoms with Gasteiger partial charge in [0, 0.05) is 31.1 Å². The van der Waals surface area contributed by atoms with Gasteiger partial charge in [-0.2, -0.15) is 0 Å². The fraction of sp³-hybridized carbons (Fsp3) is 0.500. The summed E-state index contributed by atoms with van der Waals surface area (Å²) in [6, 6.07) is 9.92. The van der Waals surface area contributed by atoms with Crippen LogP contribution in [0.4, 0.5) is 0 Å². The van der Waals surface area contributed by atoms with E-state index in [9.17, 15) is 19.2 Å². The first-order chi connectivity index (χ1) is 16.0. The number of nitrogens with one attached hydrogen (secondary N) is 1. The van der Waals surface area contributed by atoms with Crippen molar-refractivity contribution in [2.45, 2.75) is 64.7 Å². The lowest BCUT2D eigenvalue weighted by atomic mass is 9.76. The van der Waals surface area contributed by atoms with Gasteiger partial charge in [-0.25, -0.2) is 0 Å². The van der Waals surface area contributed by atoms with Crippen LogP contribution in [0.2, 0.25) is 0 Å². The molecule has 1 heterocycles. The Balaban J connectivity index is 1.68. The van der Waals surface area contributed by atoms with E-state index in [0.29, 0.717) is 25.7 Å². The molecular weight excluding hydrogens is 414 g/mol. The summed E-state index contributed by atoms with van der Waals surface area (Å²) >= 11 is 0. The third-order valence-corrected chi connectivity index (χ3v) is 6.80. The largest absolute Gasteiger partial charge is 0.349 e. The van der Waals surface area contributed by atoms with Crippen LogP contribution >= 0.6 is 0 Å². The maximum absolute atomic E-state index is 13.4. The molecule has 1 aliphatic heterocycles. The smallest absolute Gasteiger partial charge is 0.224 e. The molecule has 176 valence electrons. The van der Waals surface area contributed by atoms with E-state index in [1.807, 2.05) is 43.3 Å². The molecule has 0 aromatic heterocycles. The van der Waals surface area contributed by atoms with E-state index in [4.69, 9.17) is 0 Å². The van der Waals surface area contributed by atoms with Crippen LogP contribution in [0, 0.1) is 17.8 Å². The zero-order valence-electron chi connectivity index (χ0n) is 19.6. The summed E-state index contributed by atoms with van der Waals surface area (Å²) in [5.74, 6) is -1.70. The summed E-state index contributed by atoms with van der Waals surface area (Å²) in [7, 11) is 0. The molecular formula is C28H35NO4. The lowest BCUT2D eigenvalue weighted by Gasteiger charge is -2.30. The molecule has 1 fully saturated rings. The summed E-state index contributed by atoms with van der Waals surface area (Å²) < 4.78 is 0. The molecule has 3 atom stereocenters. The number of piperidine rings is 1. The van der Waals surface area contributed by atoms with E-state index in [2.05, 4.69) is 17.5 Å². The molecule has 3 unspecified atom stereocenters. The molecule has 2 aliphatic rings. The molecule has 0 saturated carbocycles. The third-order valence-electron chi connectivity index (χ3n) is 6.80. The summed E-state index contributed by atoms with van der Waals surface area (Å²) in [5.41, 5.74) is 2.38. The first-order valence-corrected chi connectivity index (χ1v) is 12.2. The molecule has 0 spiro atoms. The Morgan fingerprint density at radius 1 is 1.09 bits per heavy atom. The molecule has 3 rings (SSSR count). The lowest BCUT2D eigenvalue weighted by Crippen LogP contribution is -2.49. The van der Waals surface area contributed by atoms with Crippen molar-refractivity contribution in [3.8, 4) is 0 Å². The predicted molar refractivity (Wildman–Crippen MR) is 128 cm³/mol. The fourth-order valence-electron chi connectivity index (χ4n) is 4.86. The van der Waals surface area contributed by atoms with Crippen LogP contribution < -0.4 is 5.32 Å². The highest BCUT2D eigenvalue weighted by Gasteiger charge is 2.39. The van der Waals surface area contributed by atoms with Gasteiger partial charge >= 0.3 is 0 Å². The average Bonchev–Trinajstić information content (AvgIpc) is 3.33.